The average Bonchev–Trinajstić information content (AvgIpc) is 2.56. The molecule has 0 bridgehead atoms. The van der Waals surface area contributed by atoms with E-state index >= 15 is 0 Å². The molecule has 0 aliphatic rings. The van der Waals surface area contributed by atoms with Crippen LogP contribution in [0.2, 0.25) is 0 Å². The summed E-state index contributed by atoms with van der Waals surface area (Å²) in [7, 11) is 0. The summed E-state index contributed by atoms with van der Waals surface area (Å²) in [6.45, 7) is 8.17. The van der Waals surface area contributed by atoms with Gasteiger partial charge < -0.3 is 10.6 Å². The van der Waals surface area contributed by atoms with Crippen molar-refractivity contribution in [1.82, 2.24) is 15.3 Å². The second-order valence-electron chi connectivity index (χ2n) is 5.66. The Balaban J connectivity index is 2.23. The van der Waals surface area contributed by atoms with Crippen molar-refractivity contribution in [2.24, 2.45) is 0 Å². The monoisotopic (exact) mass is 312 g/mol. The molecule has 2 aromatic rings. The van der Waals surface area contributed by atoms with E-state index in [1.807, 2.05) is 19.9 Å². The van der Waals surface area contributed by atoms with E-state index in [0.29, 0.717) is 11.5 Å². The first-order chi connectivity index (χ1) is 11.0. The molecule has 0 spiro atoms. The Hall–Kier alpha value is -2.43. The molecule has 1 unspecified atom stereocenters. The van der Waals surface area contributed by atoms with E-state index in [1.165, 1.54) is 11.9 Å². The second kappa shape index (κ2) is 7.72. The summed E-state index contributed by atoms with van der Waals surface area (Å²) in [6.07, 6.45) is 3.22. The number of aromatic nitrogens is 2. The third-order valence-electron chi connectivity index (χ3n) is 3.88. The van der Waals surface area contributed by atoms with Crippen molar-refractivity contribution in [2.45, 2.75) is 46.6 Å². The minimum absolute atomic E-state index is 0.122. The first kappa shape index (κ1) is 16.9. The predicted octanol–water partition coefficient (Wildman–Crippen LogP) is 3.62. The molecule has 0 aliphatic carbocycles. The van der Waals surface area contributed by atoms with Crippen molar-refractivity contribution in [3.63, 3.8) is 0 Å². The minimum Gasteiger partial charge on any atom is -0.348 e. The third-order valence-corrected chi connectivity index (χ3v) is 3.88. The van der Waals surface area contributed by atoms with Crippen LogP contribution < -0.4 is 10.6 Å². The largest absolute Gasteiger partial charge is 0.348 e. The standard InChI is InChI=1S/C18H24N4O/c1-5-13(4)21-18(23)15-10-16(20-11-19-15)22-17-12(3)8-7-9-14(17)6-2/h7-11,13H,5-6H2,1-4H3,(H,21,23)(H,19,20,22). The van der Waals surface area contributed by atoms with Crippen molar-refractivity contribution in [3.05, 3.63) is 47.4 Å². The normalized spacial score (nSPS) is 11.8. The molecular formula is C18H24N4O. The summed E-state index contributed by atoms with van der Waals surface area (Å²) >= 11 is 0. The second-order valence-corrected chi connectivity index (χ2v) is 5.66. The Kier molecular flexibility index (Phi) is 5.68. The Labute approximate surface area is 137 Å². The van der Waals surface area contributed by atoms with Crippen molar-refractivity contribution < 1.29 is 4.79 Å². The molecule has 122 valence electrons. The van der Waals surface area contributed by atoms with E-state index in [0.717, 1.165) is 24.1 Å². The third kappa shape index (κ3) is 4.28. The van der Waals surface area contributed by atoms with Crippen LogP contribution in [-0.4, -0.2) is 21.9 Å². The Morgan fingerprint density at radius 3 is 2.74 bits per heavy atom. The highest BCUT2D eigenvalue weighted by atomic mass is 16.1. The molecular weight excluding hydrogens is 288 g/mol. The molecule has 0 saturated carbocycles. The summed E-state index contributed by atoms with van der Waals surface area (Å²) in [5.41, 5.74) is 3.78. The lowest BCUT2D eigenvalue weighted by Crippen LogP contribution is -2.32. The number of aryl methyl sites for hydroxylation is 2. The van der Waals surface area contributed by atoms with Crippen molar-refractivity contribution in [3.8, 4) is 0 Å². The fourth-order valence-corrected chi connectivity index (χ4v) is 2.28. The van der Waals surface area contributed by atoms with E-state index < -0.39 is 0 Å². The van der Waals surface area contributed by atoms with Gasteiger partial charge in [-0.2, -0.15) is 0 Å². The summed E-state index contributed by atoms with van der Waals surface area (Å²) in [4.78, 5) is 20.5. The maximum Gasteiger partial charge on any atom is 0.270 e. The zero-order valence-electron chi connectivity index (χ0n) is 14.2. The highest BCUT2D eigenvalue weighted by Gasteiger charge is 2.12. The van der Waals surface area contributed by atoms with Crippen LogP contribution in [0.15, 0.2) is 30.6 Å². The number of amides is 1. The number of para-hydroxylation sites is 1. The maximum atomic E-state index is 12.2. The summed E-state index contributed by atoms with van der Waals surface area (Å²) in [5, 5.41) is 6.24. The van der Waals surface area contributed by atoms with E-state index in [4.69, 9.17) is 0 Å². The van der Waals surface area contributed by atoms with Gasteiger partial charge in [0.05, 0.1) is 0 Å². The zero-order valence-corrected chi connectivity index (χ0v) is 14.2. The van der Waals surface area contributed by atoms with Crippen LogP contribution in [0.25, 0.3) is 0 Å². The highest BCUT2D eigenvalue weighted by molar-refractivity contribution is 5.93. The first-order valence-corrected chi connectivity index (χ1v) is 8.03. The SMILES string of the molecule is CCc1cccc(C)c1Nc1cc(C(=O)NC(C)CC)ncn1. The van der Waals surface area contributed by atoms with Gasteiger partial charge in [-0.15, -0.1) is 0 Å². The van der Waals surface area contributed by atoms with E-state index in [-0.39, 0.29) is 11.9 Å². The minimum atomic E-state index is -0.176. The number of hydrogen-bond acceptors (Lipinski definition) is 4. The van der Waals surface area contributed by atoms with Crippen LogP contribution in [0.5, 0.6) is 0 Å². The first-order valence-electron chi connectivity index (χ1n) is 8.03. The molecule has 0 radical (unpaired) electrons. The molecule has 5 nitrogen and oxygen atoms in total. The van der Waals surface area contributed by atoms with Gasteiger partial charge in [-0.3, -0.25) is 4.79 Å². The molecule has 2 rings (SSSR count). The van der Waals surface area contributed by atoms with Crippen molar-refractivity contribution in [1.29, 1.82) is 0 Å². The number of hydrogen-bond donors (Lipinski definition) is 2. The molecule has 0 aliphatic heterocycles. The molecule has 5 heteroatoms. The molecule has 0 fully saturated rings. The maximum absolute atomic E-state index is 12.2. The van der Waals surface area contributed by atoms with Crippen molar-refractivity contribution >= 4 is 17.4 Å². The molecule has 2 N–H and O–H groups in total. The van der Waals surface area contributed by atoms with Gasteiger partial charge in [0.25, 0.3) is 5.91 Å². The van der Waals surface area contributed by atoms with E-state index in [2.05, 4.69) is 46.6 Å². The van der Waals surface area contributed by atoms with Gasteiger partial charge in [-0.05, 0) is 37.8 Å². The number of anilines is 2. The lowest BCUT2D eigenvalue weighted by atomic mass is 10.1. The van der Waals surface area contributed by atoms with Crippen LogP contribution in [0.1, 0.15) is 48.8 Å². The van der Waals surface area contributed by atoms with Gasteiger partial charge in [-0.25, -0.2) is 9.97 Å². The number of nitrogens with zero attached hydrogens (tertiary/aromatic N) is 2. The van der Waals surface area contributed by atoms with Crippen LogP contribution in [0.4, 0.5) is 11.5 Å². The number of carbonyl (C=O) groups excluding carboxylic acids is 1. The van der Waals surface area contributed by atoms with E-state index in [1.54, 1.807) is 6.07 Å². The Bertz CT molecular complexity index is 684. The Morgan fingerprint density at radius 2 is 2.04 bits per heavy atom. The van der Waals surface area contributed by atoms with Crippen LogP contribution >= 0.6 is 0 Å². The summed E-state index contributed by atoms with van der Waals surface area (Å²) in [6, 6.07) is 8.00. The van der Waals surface area contributed by atoms with Crippen LogP contribution in [0, 0.1) is 6.92 Å². The summed E-state index contributed by atoms with van der Waals surface area (Å²) < 4.78 is 0. The molecule has 1 aromatic heterocycles. The number of nitrogens with one attached hydrogen (secondary N) is 2. The molecule has 1 heterocycles. The topological polar surface area (TPSA) is 66.9 Å². The molecule has 1 amide bonds. The molecule has 1 atom stereocenters. The smallest absolute Gasteiger partial charge is 0.270 e. The number of benzene rings is 1. The Morgan fingerprint density at radius 1 is 1.26 bits per heavy atom. The molecule has 1 aromatic carbocycles. The van der Waals surface area contributed by atoms with Gasteiger partial charge in [-0.1, -0.05) is 32.0 Å². The molecule has 0 saturated heterocycles. The van der Waals surface area contributed by atoms with Gasteiger partial charge in [0.2, 0.25) is 0 Å². The van der Waals surface area contributed by atoms with Crippen molar-refractivity contribution in [2.75, 3.05) is 5.32 Å². The predicted molar refractivity (Wildman–Crippen MR) is 93.1 cm³/mol. The number of rotatable bonds is 6. The lowest BCUT2D eigenvalue weighted by Gasteiger charge is -2.14. The summed E-state index contributed by atoms with van der Waals surface area (Å²) in [5.74, 6) is 0.448. The van der Waals surface area contributed by atoms with Gasteiger partial charge in [0.1, 0.15) is 17.8 Å². The molecule has 23 heavy (non-hydrogen) atoms. The van der Waals surface area contributed by atoms with E-state index in [9.17, 15) is 4.79 Å². The quantitative estimate of drug-likeness (QED) is 0.855. The van der Waals surface area contributed by atoms with Gasteiger partial charge in [0, 0.05) is 17.8 Å². The highest BCUT2D eigenvalue weighted by Crippen LogP contribution is 2.24. The van der Waals surface area contributed by atoms with Gasteiger partial charge in [0.15, 0.2) is 0 Å². The average molecular weight is 312 g/mol. The van der Waals surface area contributed by atoms with Gasteiger partial charge >= 0.3 is 0 Å². The fourth-order valence-electron chi connectivity index (χ4n) is 2.28. The number of carbonyl (C=O) groups is 1. The zero-order chi connectivity index (χ0) is 16.8. The lowest BCUT2D eigenvalue weighted by molar-refractivity contribution is 0.0934. The fraction of sp³-hybridized carbons (Fsp3) is 0.389. The van der Waals surface area contributed by atoms with Crippen LogP contribution in [-0.2, 0) is 6.42 Å². The van der Waals surface area contributed by atoms with Crippen LogP contribution in [0.3, 0.4) is 0 Å².